The first kappa shape index (κ1) is 18.9. The molecule has 2 aromatic carbocycles. The Morgan fingerprint density at radius 3 is 2.74 bits per heavy atom. The van der Waals surface area contributed by atoms with Crippen LogP contribution in [0, 0.1) is 0 Å². The number of hydrazine groups is 1. The third-order valence-corrected chi connectivity index (χ3v) is 4.93. The molecule has 2 amide bonds. The second-order valence-corrected chi connectivity index (χ2v) is 7.16. The maximum Gasteiger partial charge on any atom is 0.285 e. The molecule has 27 heavy (non-hydrogen) atoms. The van der Waals surface area contributed by atoms with E-state index in [0.29, 0.717) is 28.4 Å². The highest BCUT2D eigenvalue weighted by Crippen LogP contribution is 2.33. The van der Waals surface area contributed by atoms with Gasteiger partial charge in [-0.1, -0.05) is 36.0 Å². The van der Waals surface area contributed by atoms with E-state index in [-0.39, 0.29) is 10.1 Å². The molecule has 0 atom stereocenters. The summed E-state index contributed by atoms with van der Waals surface area (Å²) in [7, 11) is 0. The average Bonchev–Trinajstić information content (AvgIpc) is 2.92. The summed E-state index contributed by atoms with van der Waals surface area (Å²) in [5, 5.41) is 10.8. The van der Waals surface area contributed by atoms with Gasteiger partial charge in [0.2, 0.25) is 0 Å². The van der Waals surface area contributed by atoms with E-state index in [9.17, 15) is 14.7 Å². The molecule has 138 valence electrons. The van der Waals surface area contributed by atoms with Crippen LogP contribution >= 0.6 is 24.0 Å². The normalized spacial score (nSPS) is 15.3. The fraction of sp³-hybridized carbons (Fsp3) is 0.105. The van der Waals surface area contributed by atoms with Crippen LogP contribution in [-0.4, -0.2) is 32.9 Å². The molecule has 1 saturated heterocycles. The van der Waals surface area contributed by atoms with E-state index in [1.807, 2.05) is 6.92 Å². The summed E-state index contributed by atoms with van der Waals surface area (Å²) >= 11 is 6.30. The molecule has 0 unspecified atom stereocenters. The first-order valence-corrected chi connectivity index (χ1v) is 9.32. The van der Waals surface area contributed by atoms with E-state index in [0.717, 1.165) is 16.8 Å². The van der Waals surface area contributed by atoms with Crippen LogP contribution in [0.25, 0.3) is 6.08 Å². The van der Waals surface area contributed by atoms with Crippen LogP contribution in [0.3, 0.4) is 0 Å². The van der Waals surface area contributed by atoms with Crippen molar-refractivity contribution in [3.63, 3.8) is 0 Å². The van der Waals surface area contributed by atoms with E-state index >= 15 is 0 Å². The molecule has 1 heterocycles. The number of rotatable bonds is 5. The largest absolute Gasteiger partial charge is 0.504 e. The van der Waals surface area contributed by atoms with Gasteiger partial charge in [0.05, 0.1) is 11.5 Å². The zero-order chi connectivity index (χ0) is 19.4. The lowest BCUT2D eigenvalue weighted by Gasteiger charge is -2.15. The lowest BCUT2D eigenvalue weighted by atomic mass is 10.2. The van der Waals surface area contributed by atoms with Gasteiger partial charge < -0.3 is 9.84 Å². The molecule has 3 rings (SSSR count). The number of ether oxygens (including phenoxy) is 1. The van der Waals surface area contributed by atoms with Crippen molar-refractivity contribution in [1.82, 2.24) is 10.4 Å². The van der Waals surface area contributed by atoms with Crippen LogP contribution in [0.2, 0.25) is 0 Å². The van der Waals surface area contributed by atoms with Gasteiger partial charge in [0.1, 0.15) is 0 Å². The number of thioether (sulfide) groups is 1. The van der Waals surface area contributed by atoms with Crippen LogP contribution in [0.4, 0.5) is 0 Å². The van der Waals surface area contributed by atoms with Gasteiger partial charge in [-0.25, -0.2) is 0 Å². The van der Waals surface area contributed by atoms with E-state index in [1.54, 1.807) is 48.5 Å². The maximum absolute atomic E-state index is 12.6. The smallest absolute Gasteiger partial charge is 0.285 e. The minimum absolute atomic E-state index is 0.0247. The number of amides is 2. The SMILES string of the molecule is CCOc1cc(/C=C2\SC(=S)N(NC(=O)c3ccccc3)C2=O)ccc1O. The van der Waals surface area contributed by atoms with Crippen LogP contribution in [0.1, 0.15) is 22.8 Å². The lowest BCUT2D eigenvalue weighted by Crippen LogP contribution is -2.44. The molecule has 0 saturated carbocycles. The van der Waals surface area contributed by atoms with Gasteiger partial charge in [-0.3, -0.25) is 15.0 Å². The molecular formula is C19H16N2O4S2. The number of phenolic OH excluding ortho intramolecular Hbond substituents is 1. The number of carbonyl (C=O) groups excluding carboxylic acids is 2. The second-order valence-electron chi connectivity index (χ2n) is 5.48. The molecule has 1 fully saturated rings. The summed E-state index contributed by atoms with van der Waals surface area (Å²) < 4.78 is 5.58. The van der Waals surface area contributed by atoms with Crippen molar-refractivity contribution in [2.75, 3.05) is 6.61 Å². The van der Waals surface area contributed by atoms with Gasteiger partial charge in [0.25, 0.3) is 11.8 Å². The maximum atomic E-state index is 12.6. The standard InChI is InChI=1S/C19H16N2O4S2/c1-2-25-15-10-12(8-9-14(15)22)11-16-18(24)21(19(26)27-16)20-17(23)13-6-4-3-5-7-13/h3-11,22H,2H2,1H3,(H,20,23)/b16-11-. The van der Waals surface area contributed by atoms with Gasteiger partial charge in [-0.15, -0.1) is 0 Å². The van der Waals surface area contributed by atoms with Crippen LogP contribution in [-0.2, 0) is 4.79 Å². The Balaban J connectivity index is 1.78. The molecule has 1 aliphatic rings. The van der Waals surface area contributed by atoms with Crippen LogP contribution < -0.4 is 10.2 Å². The fourth-order valence-electron chi connectivity index (χ4n) is 2.36. The Morgan fingerprint density at radius 2 is 2.04 bits per heavy atom. The lowest BCUT2D eigenvalue weighted by molar-refractivity contribution is -0.123. The molecule has 0 radical (unpaired) electrons. The molecule has 0 bridgehead atoms. The van der Waals surface area contributed by atoms with E-state index in [1.165, 1.54) is 6.07 Å². The second kappa shape index (κ2) is 8.24. The third-order valence-electron chi connectivity index (χ3n) is 3.62. The Bertz CT molecular complexity index is 929. The van der Waals surface area contributed by atoms with E-state index < -0.39 is 11.8 Å². The number of aromatic hydroxyl groups is 1. The van der Waals surface area contributed by atoms with Gasteiger partial charge in [0.15, 0.2) is 15.8 Å². The Labute approximate surface area is 165 Å². The molecule has 0 aromatic heterocycles. The van der Waals surface area contributed by atoms with Crippen molar-refractivity contribution >= 4 is 46.2 Å². The Kier molecular flexibility index (Phi) is 5.78. The summed E-state index contributed by atoms with van der Waals surface area (Å²) in [5.41, 5.74) is 3.63. The molecule has 2 aromatic rings. The minimum atomic E-state index is -0.420. The molecule has 1 aliphatic heterocycles. The number of hydrogen-bond acceptors (Lipinski definition) is 6. The quantitative estimate of drug-likeness (QED) is 0.592. The molecule has 2 N–H and O–H groups in total. The topological polar surface area (TPSA) is 78.9 Å². The molecule has 0 aliphatic carbocycles. The first-order chi connectivity index (χ1) is 13.0. The number of thiocarbonyl (C=S) groups is 1. The Morgan fingerprint density at radius 1 is 1.30 bits per heavy atom. The minimum Gasteiger partial charge on any atom is -0.504 e. The predicted octanol–water partition coefficient (Wildman–Crippen LogP) is 3.34. The summed E-state index contributed by atoms with van der Waals surface area (Å²) in [5.74, 6) is -0.479. The Hall–Kier alpha value is -2.84. The third kappa shape index (κ3) is 4.29. The molecule has 6 nitrogen and oxygen atoms in total. The van der Waals surface area contributed by atoms with Crippen molar-refractivity contribution in [2.24, 2.45) is 0 Å². The summed E-state index contributed by atoms with van der Waals surface area (Å²) in [4.78, 5) is 25.3. The van der Waals surface area contributed by atoms with Crippen molar-refractivity contribution in [3.05, 3.63) is 64.6 Å². The van der Waals surface area contributed by atoms with Gasteiger partial charge in [-0.2, -0.15) is 5.01 Å². The number of nitrogens with one attached hydrogen (secondary N) is 1. The van der Waals surface area contributed by atoms with Crippen molar-refractivity contribution < 1.29 is 19.4 Å². The van der Waals surface area contributed by atoms with Crippen LogP contribution in [0.5, 0.6) is 11.5 Å². The number of carbonyl (C=O) groups is 2. The number of phenols is 1. The van der Waals surface area contributed by atoms with E-state index in [4.69, 9.17) is 17.0 Å². The highest BCUT2D eigenvalue weighted by Gasteiger charge is 2.33. The van der Waals surface area contributed by atoms with Gasteiger partial charge in [0, 0.05) is 5.56 Å². The zero-order valence-corrected chi connectivity index (χ0v) is 16.0. The summed E-state index contributed by atoms with van der Waals surface area (Å²) in [6.07, 6.45) is 1.63. The number of hydrogen-bond donors (Lipinski definition) is 2. The average molecular weight is 400 g/mol. The molecular weight excluding hydrogens is 384 g/mol. The van der Waals surface area contributed by atoms with Crippen molar-refractivity contribution in [3.8, 4) is 11.5 Å². The van der Waals surface area contributed by atoms with Crippen molar-refractivity contribution in [1.29, 1.82) is 0 Å². The summed E-state index contributed by atoms with van der Waals surface area (Å²) in [6.45, 7) is 2.22. The molecule has 8 heteroatoms. The van der Waals surface area contributed by atoms with E-state index in [2.05, 4.69) is 5.43 Å². The first-order valence-electron chi connectivity index (χ1n) is 8.09. The van der Waals surface area contributed by atoms with Gasteiger partial charge >= 0.3 is 0 Å². The van der Waals surface area contributed by atoms with Gasteiger partial charge in [-0.05, 0) is 55.0 Å². The molecule has 0 spiro atoms. The zero-order valence-electron chi connectivity index (χ0n) is 14.3. The monoisotopic (exact) mass is 400 g/mol. The highest BCUT2D eigenvalue weighted by atomic mass is 32.2. The fourth-order valence-corrected chi connectivity index (χ4v) is 3.54. The number of benzene rings is 2. The van der Waals surface area contributed by atoms with Crippen LogP contribution in [0.15, 0.2) is 53.4 Å². The van der Waals surface area contributed by atoms with Crippen molar-refractivity contribution in [2.45, 2.75) is 6.92 Å². The highest BCUT2D eigenvalue weighted by molar-refractivity contribution is 8.26. The number of nitrogens with zero attached hydrogens (tertiary/aromatic N) is 1. The predicted molar refractivity (Wildman–Crippen MR) is 108 cm³/mol. The summed E-state index contributed by atoms with van der Waals surface area (Å²) in [6, 6.07) is 13.4.